The van der Waals surface area contributed by atoms with E-state index < -0.39 is 5.60 Å². The molecule has 0 spiro atoms. The highest BCUT2D eigenvalue weighted by molar-refractivity contribution is 5.80. The molecule has 3 rings (SSSR count). The molecule has 28 heavy (non-hydrogen) atoms. The number of likely N-dealkylation sites (tertiary alicyclic amines) is 1. The fourth-order valence-corrected chi connectivity index (χ4v) is 3.60. The van der Waals surface area contributed by atoms with E-state index in [2.05, 4.69) is 10.2 Å². The van der Waals surface area contributed by atoms with E-state index in [-0.39, 0.29) is 6.09 Å². The molecule has 7 nitrogen and oxygen atoms in total. The largest absolute Gasteiger partial charge is 0.444 e. The van der Waals surface area contributed by atoms with Gasteiger partial charge in [-0.2, -0.15) is 0 Å². The van der Waals surface area contributed by atoms with Crippen molar-refractivity contribution < 1.29 is 9.53 Å². The number of carbonyl (C=O) groups excluding carboxylic acids is 1. The molecule has 1 saturated heterocycles. The van der Waals surface area contributed by atoms with E-state index in [1.54, 1.807) is 0 Å². The minimum Gasteiger partial charge on any atom is -0.444 e. The van der Waals surface area contributed by atoms with Crippen LogP contribution in [0.2, 0.25) is 0 Å². The second-order valence-corrected chi connectivity index (χ2v) is 8.45. The zero-order valence-corrected chi connectivity index (χ0v) is 17.5. The monoisotopic (exact) mass is 385 g/mol. The van der Waals surface area contributed by atoms with Crippen molar-refractivity contribution in [2.24, 2.45) is 5.92 Å². The molecular formula is C21H31N5O2. The van der Waals surface area contributed by atoms with Crippen molar-refractivity contribution in [3.8, 4) is 0 Å². The van der Waals surface area contributed by atoms with Crippen LogP contribution in [0.25, 0.3) is 11.0 Å². The van der Waals surface area contributed by atoms with Crippen molar-refractivity contribution in [1.82, 2.24) is 14.9 Å². The Morgan fingerprint density at radius 1 is 1.29 bits per heavy atom. The number of nitrogens with zero attached hydrogens (tertiary/aromatic N) is 4. The third kappa shape index (κ3) is 4.82. The smallest absolute Gasteiger partial charge is 0.410 e. The number of piperidine rings is 1. The Labute approximate surface area is 167 Å². The van der Waals surface area contributed by atoms with Gasteiger partial charge in [0.1, 0.15) is 5.60 Å². The Balaban J connectivity index is 1.71. The Kier molecular flexibility index (Phi) is 5.91. The van der Waals surface area contributed by atoms with Gasteiger partial charge < -0.3 is 19.9 Å². The summed E-state index contributed by atoms with van der Waals surface area (Å²) in [5, 5.41) is 3.16. The molecule has 152 valence electrons. The number of benzene rings is 1. The zero-order valence-electron chi connectivity index (χ0n) is 17.5. The standard InChI is InChI=1S/C21H31N5O2/c1-21(2,3)28-20(27)26-12-8-9-15(14-26)13-25(5)19-18(22-4)23-16-10-6-7-11-17(16)24-19/h6-7,10-11,15H,8-9,12-14H2,1-5H3,(H,22,23)/t15-/m1/s1. The maximum absolute atomic E-state index is 12.4. The number of nitrogens with one attached hydrogen (secondary N) is 1. The van der Waals surface area contributed by atoms with Crippen LogP contribution in [0.3, 0.4) is 0 Å². The number of ether oxygens (including phenoxy) is 1. The second-order valence-electron chi connectivity index (χ2n) is 8.45. The summed E-state index contributed by atoms with van der Waals surface area (Å²) in [6, 6.07) is 7.88. The first-order valence-electron chi connectivity index (χ1n) is 9.90. The number of anilines is 2. The predicted octanol–water partition coefficient (Wildman–Crippen LogP) is 3.75. The highest BCUT2D eigenvalue weighted by atomic mass is 16.6. The van der Waals surface area contributed by atoms with Crippen LogP contribution in [-0.2, 0) is 4.74 Å². The molecule has 1 aromatic carbocycles. The normalized spacial score (nSPS) is 17.5. The third-order valence-corrected chi connectivity index (χ3v) is 4.85. The van der Waals surface area contributed by atoms with Crippen LogP contribution in [0.4, 0.5) is 16.4 Å². The molecule has 1 aliphatic rings. The number of aromatic nitrogens is 2. The number of para-hydroxylation sites is 2. The highest BCUT2D eigenvalue weighted by Gasteiger charge is 2.28. The summed E-state index contributed by atoms with van der Waals surface area (Å²) in [7, 11) is 3.90. The molecular weight excluding hydrogens is 354 g/mol. The average molecular weight is 386 g/mol. The molecule has 0 radical (unpaired) electrons. The third-order valence-electron chi connectivity index (χ3n) is 4.85. The van der Waals surface area contributed by atoms with Crippen molar-refractivity contribution in [2.45, 2.75) is 39.2 Å². The van der Waals surface area contributed by atoms with Crippen LogP contribution in [0.1, 0.15) is 33.6 Å². The highest BCUT2D eigenvalue weighted by Crippen LogP contribution is 2.26. The van der Waals surface area contributed by atoms with E-state index in [0.29, 0.717) is 12.5 Å². The Bertz CT molecular complexity index is 833. The van der Waals surface area contributed by atoms with E-state index in [1.807, 2.05) is 64.0 Å². The quantitative estimate of drug-likeness (QED) is 0.864. The number of hydrogen-bond donors (Lipinski definition) is 1. The molecule has 1 aromatic heterocycles. The Morgan fingerprint density at radius 2 is 1.96 bits per heavy atom. The van der Waals surface area contributed by atoms with Gasteiger partial charge in [-0.05, 0) is 51.7 Å². The van der Waals surface area contributed by atoms with Gasteiger partial charge in [0.15, 0.2) is 11.6 Å². The van der Waals surface area contributed by atoms with Gasteiger partial charge in [-0.25, -0.2) is 14.8 Å². The molecule has 1 N–H and O–H groups in total. The summed E-state index contributed by atoms with van der Waals surface area (Å²) in [5.41, 5.74) is 1.28. The zero-order chi connectivity index (χ0) is 20.3. The molecule has 1 atom stereocenters. The summed E-state index contributed by atoms with van der Waals surface area (Å²) < 4.78 is 5.54. The van der Waals surface area contributed by atoms with E-state index in [4.69, 9.17) is 14.7 Å². The minimum atomic E-state index is -0.469. The molecule has 0 saturated carbocycles. The number of hydrogen-bond acceptors (Lipinski definition) is 6. The van der Waals surface area contributed by atoms with Gasteiger partial charge in [-0.3, -0.25) is 0 Å². The fraction of sp³-hybridized carbons (Fsp3) is 0.571. The van der Waals surface area contributed by atoms with Crippen molar-refractivity contribution in [3.63, 3.8) is 0 Å². The fourth-order valence-electron chi connectivity index (χ4n) is 3.60. The topological polar surface area (TPSA) is 70.6 Å². The summed E-state index contributed by atoms with van der Waals surface area (Å²) in [6.07, 6.45) is 1.85. The molecule has 1 fully saturated rings. The molecule has 0 aliphatic carbocycles. The summed E-state index contributed by atoms with van der Waals surface area (Å²) >= 11 is 0. The molecule has 1 amide bonds. The molecule has 7 heteroatoms. The van der Waals surface area contributed by atoms with Gasteiger partial charge in [-0.1, -0.05) is 12.1 Å². The Hall–Kier alpha value is -2.57. The van der Waals surface area contributed by atoms with Crippen LogP contribution in [0, 0.1) is 5.92 Å². The van der Waals surface area contributed by atoms with Gasteiger partial charge in [0, 0.05) is 33.7 Å². The van der Waals surface area contributed by atoms with Gasteiger partial charge in [0.2, 0.25) is 0 Å². The van der Waals surface area contributed by atoms with Crippen LogP contribution in [0.15, 0.2) is 24.3 Å². The summed E-state index contributed by atoms with van der Waals surface area (Å²) in [4.78, 5) is 25.9. The van der Waals surface area contributed by atoms with Gasteiger partial charge in [-0.15, -0.1) is 0 Å². The Morgan fingerprint density at radius 3 is 2.61 bits per heavy atom. The summed E-state index contributed by atoms with van der Waals surface area (Å²) in [5.74, 6) is 1.96. The predicted molar refractivity (Wildman–Crippen MR) is 113 cm³/mol. The van der Waals surface area contributed by atoms with Crippen LogP contribution < -0.4 is 10.2 Å². The second kappa shape index (κ2) is 8.20. The first-order valence-corrected chi connectivity index (χ1v) is 9.90. The molecule has 2 aromatic rings. The van der Waals surface area contributed by atoms with Crippen molar-refractivity contribution in [1.29, 1.82) is 0 Å². The summed E-state index contributed by atoms with van der Waals surface area (Å²) in [6.45, 7) is 7.97. The lowest BCUT2D eigenvalue weighted by atomic mass is 9.98. The molecule has 2 heterocycles. The molecule has 1 aliphatic heterocycles. The SMILES string of the molecule is CNc1nc2ccccc2nc1N(C)C[C@H]1CCCN(C(=O)OC(C)(C)C)C1. The lowest BCUT2D eigenvalue weighted by molar-refractivity contribution is 0.0170. The number of amides is 1. The molecule has 0 unspecified atom stereocenters. The van der Waals surface area contributed by atoms with Gasteiger partial charge in [0.05, 0.1) is 11.0 Å². The van der Waals surface area contributed by atoms with Crippen LogP contribution in [0.5, 0.6) is 0 Å². The van der Waals surface area contributed by atoms with Crippen LogP contribution in [-0.4, -0.2) is 60.3 Å². The minimum absolute atomic E-state index is 0.221. The van der Waals surface area contributed by atoms with Crippen LogP contribution >= 0.6 is 0 Å². The first-order chi connectivity index (χ1) is 13.3. The molecule has 0 bridgehead atoms. The number of fused-ring (bicyclic) bond motifs is 1. The van der Waals surface area contributed by atoms with E-state index in [9.17, 15) is 4.79 Å². The van der Waals surface area contributed by atoms with Crippen molar-refractivity contribution in [3.05, 3.63) is 24.3 Å². The van der Waals surface area contributed by atoms with E-state index >= 15 is 0 Å². The number of carbonyl (C=O) groups is 1. The lowest BCUT2D eigenvalue weighted by Gasteiger charge is -2.36. The maximum atomic E-state index is 12.4. The van der Waals surface area contributed by atoms with Gasteiger partial charge in [0.25, 0.3) is 0 Å². The van der Waals surface area contributed by atoms with Gasteiger partial charge >= 0.3 is 6.09 Å². The van der Waals surface area contributed by atoms with E-state index in [0.717, 1.165) is 48.6 Å². The number of rotatable bonds is 4. The van der Waals surface area contributed by atoms with Crippen molar-refractivity contribution >= 4 is 28.8 Å². The van der Waals surface area contributed by atoms with E-state index in [1.165, 1.54) is 0 Å². The maximum Gasteiger partial charge on any atom is 0.410 e. The van der Waals surface area contributed by atoms with Crippen molar-refractivity contribution in [2.75, 3.05) is 43.9 Å². The first kappa shape index (κ1) is 20.2. The average Bonchev–Trinajstić information content (AvgIpc) is 2.65. The lowest BCUT2D eigenvalue weighted by Crippen LogP contribution is -2.45.